The van der Waals surface area contributed by atoms with E-state index in [1.54, 1.807) is 12.4 Å². The largest absolute Gasteiger partial charge is 0.315 e. The summed E-state index contributed by atoms with van der Waals surface area (Å²) in [6.45, 7) is 2.41. The molecule has 0 unspecified atom stereocenters. The molecule has 0 spiro atoms. The van der Waals surface area contributed by atoms with Gasteiger partial charge in [-0.2, -0.15) is 0 Å². The standard InChI is InChI=1S/C11H16N4O.ClH/c1-15(9-2-3-12-6-9)8-11(16)10-7-13-4-5-14-10;/h4-5,7,9,12H,2-3,6,8H2,1H3;1H/t9-;/m1./s1. The van der Waals surface area contributed by atoms with E-state index in [9.17, 15) is 4.79 Å². The molecule has 0 saturated carbocycles. The number of hydrogen-bond donors (Lipinski definition) is 1. The monoisotopic (exact) mass is 256 g/mol. The van der Waals surface area contributed by atoms with E-state index in [-0.39, 0.29) is 18.2 Å². The summed E-state index contributed by atoms with van der Waals surface area (Å²) in [7, 11) is 1.98. The van der Waals surface area contributed by atoms with Gasteiger partial charge in [0.25, 0.3) is 0 Å². The Morgan fingerprint density at radius 3 is 3.00 bits per heavy atom. The second-order valence-electron chi connectivity index (χ2n) is 4.08. The Morgan fingerprint density at radius 2 is 2.41 bits per heavy atom. The van der Waals surface area contributed by atoms with Crippen LogP contribution in [0.15, 0.2) is 18.6 Å². The molecule has 1 atom stereocenters. The summed E-state index contributed by atoms with van der Waals surface area (Å²) in [6, 6.07) is 0.459. The van der Waals surface area contributed by atoms with Crippen molar-refractivity contribution >= 4 is 18.2 Å². The van der Waals surface area contributed by atoms with E-state index in [4.69, 9.17) is 0 Å². The smallest absolute Gasteiger partial charge is 0.196 e. The zero-order valence-electron chi connectivity index (χ0n) is 9.80. The molecule has 1 fully saturated rings. The van der Waals surface area contributed by atoms with Crippen LogP contribution < -0.4 is 5.32 Å². The molecule has 94 valence electrons. The number of hydrogen-bond acceptors (Lipinski definition) is 5. The lowest BCUT2D eigenvalue weighted by Gasteiger charge is -2.22. The number of carbonyl (C=O) groups excluding carboxylic acids is 1. The number of likely N-dealkylation sites (N-methyl/N-ethyl adjacent to an activating group) is 1. The summed E-state index contributed by atoms with van der Waals surface area (Å²) in [5.41, 5.74) is 0.445. The van der Waals surface area contributed by atoms with E-state index in [1.807, 2.05) is 7.05 Å². The molecule has 1 N–H and O–H groups in total. The average molecular weight is 257 g/mol. The van der Waals surface area contributed by atoms with Crippen LogP contribution in [0.25, 0.3) is 0 Å². The molecule has 2 rings (SSSR count). The van der Waals surface area contributed by atoms with Crippen molar-refractivity contribution in [1.29, 1.82) is 0 Å². The molecule has 17 heavy (non-hydrogen) atoms. The summed E-state index contributed by atoms with van der Waals surface area (Å²) in [5.74, 6) is 0.0301. The topological polar surface area (TPSA) is 58.1 Å². The molecule has 0 radical (unpaired) electrons. The van der Waals surface area contributed by atoms with Crippen LogP contribution in [0, 0.1) is 0 Å². The first-order chi connectivity index (χ1) is 7.77. The van der Waals surface area contributed by atoms with Crippen LogP contribution in [-0.4, -0.2) is 53.4 Å². The summed E-state index contributed by atoms with van der Waals surface area (Å²) in [6.07, 6.45) is 5.74. The molecular formula is C11H17ClN4O. The number of Topliss-reactive ketones (excluding diaryl/α,β-unsaturated/α-hetero) is 1. The zero-order chi connectivity index (χ0) is 11.4. The highest BCUT2D eigenvalue weighted by molar-refractivity contribution is 5.95. The molecule has 0 amide bonds. The Kier molecular flexibility index (Phi) is 5.47. The molecule has 1 aromatic heterocycles. The Labute approximate surface area is 107 Å². The predicted octanol–water partition coefficient (Wildman–Crippen LogP) is 0.375. The summed E-state index contributed by atoms with van der Waals surface area (Å²) < 4.78 is 0. The summed E-state index contributed by atoms with van der Waals surface area (Å²) in [4.78, 5) is 21.8. The maximum Gasteiger partial charge on any atom is 0.196 e. The Morgan fingerprint density at radius 1 is 1.59 bits per heavy atom. The normalized spacial score (nSPS) is 19.1. The molecule has 1 saturated heterocycles. The van der Waals surface area contributed by atoms with Gasteiger partial charge < -0.3 is 5.32 Å². The molecular weight excluding hydrogens is 240 g/mol. The van der Waals surface area contributed by atoms with Gasteiger partial charge in [0.15, 0.2) is 5.78 Å². The van der Waals surface area contributed by atoms with Crippen LogP contribution in [-0.2, 0) is 0 Å². The maximum absolute atomic E-state index is 11.8. The second kappa shape index (κ2) is 6.64. The maximum atomic E-state index is 11.8. The van der Waals surface area contributed by atoms with E-state index in [0.717, 1.165) is 19.5 Å². The Hall–Kier alpha value is -1.04. The number of rotatable bonds is 4. The molecule has 1 aliphatic heterocycles. The van der Waals surface area contributed by atoms with Gasteiger partial charge in [-0.05, 0) is 20.0 Å². The second-order valence-corrected chi connectivity index (χ2v) is 4.08. The average Bonchev–Trinajstić information content (AvgIpc) is 2.83. The molecule has 1 aliphatic rings. The minimum Gasteiger partial charge on any atom is -0.315 e. The predicted molar refractivity (Wildman–Crippen MR) is 67.5 cm³/mol. The van der Waals surface area contributed by atoms with E-state index >= 15 is 0 Å². The zero-order valence-corrected chi connectivity index (χ0v) is 10.6. The number of nitrogens with zero attached hydrogens (tertiary/aromatic N) is 3. The highest BCUT2D eigenvalue weighted by Crippen LogP contribution is 2.06. The fraction of sp³-hybridized carbons (Fsp3) is 0.545. The van der Waals surface area contributed by atoms with Crippen molar-refractivity contribution < 1.29 is 4.79 Å². The van der Waals surface area contributed by atoms with Gasteiger partial charge in [0.2, 0.25) is 0 Å². The van der Waals surface area contributed by atoms with Crippen molar-refractivity contribution in [3.63, 3.8) is 0 Å². The fourth-order valence-corrected chi connectivity index (χ4v) is 1.90. The van der Waals surface area contributed by atoms with E-state index < -0.39 is 0 Å². The lowest BCUT2D eigenvalue weighted by atomic mass is 10.2. The van der Waals surface area contributed by atoms with E-state index in [1.165, 1.54) is 6.20 Å². The third-order valence-corrected chi connectivity index (χ3v) is 2.90. The number of carbonyl (C=O) groups is 1. The van der Waals surface area contributed by atoms with Gasteiger partial charge in [-0.3, -0.25) is 14.7 Å². The summed E-state index contributed by atoms with van der Waals surface area (Å²) >= 11 is 0. The molecule has 1 aromatic rings. The first-order valence-corrected chi connectivity index (χ1v) is 5.47. The van der Waals surface area contributed by atoms with Crippen molar-refractivity contribution in [2.45, 2.75) is 12.5 Å². The minimum atomic E-state index is 0. The molecule has 5 nitrogen and oxygen atoms in total. The van der Waals surface area contributed by atoms with Crippen LogP contribution in [0.5, 0.6) is 0 Å². The quantitative estimate of drug-likeness (QED) is 0.789. The Balaban J connectivity index is 0.00000144. The van der Waals surface area contributed by atoms with Crippen molar-refractivity contribution in [2.75, 3.05) is 26.7 Å². The number of halogens is 1. The minimum absolute atomic E-state index is 0. The van der Waals surface area contributed by atoms with Crippen LogP contribution in [0.4, 0.5) is 0 Å². The molecule has 0 aromatic carbocycles. The fourth-order valence-electron chi connectivity index (χ4n) is 1.90. The molecule has 0 aliphatic carbocycles. The highest BCUT2D eigenvalue weighted by Gasteiger charge is 2.21. The molecule has 0 bridgehead atoms. The van der Waals surface area contributed by atoms with Gasteiger partial charge in [-0.25, -0.2) is 4.98 Å². The third kappa shape index (κ3) is 3.73. The molecule has 2 heterocycles. The SMILES string of the molecule is CN(CC(=O)c1cnccn1)[C@@H]1CCNC1.Cl. The van der Waals surface area contributed by atoms with Crippen LogP contribution in [0.2, 0.25) is 0 Å². The van der Waals surface area contributed by atoms with Gasteiger partial charge in [-0.1, -0.05) is 0 Å². The molecule has 6 heteroatoms. The van der Waals surface area contributed by atoms with Crippen LogP contribution in [0.1, 0.15) is 16.9 Å². The first kappa shape index (κ1) is 14.0. The van der Waals surface area contributed by atoms with Crippen molar-refractivity contribution in [3.8, 4) is 0 Å². The van der Waals surface area contributed by atoms with E-state index in [2.05, 4.69) is 20.2 Å². The van der Waals surface area contributed by atoms with Gasteiger partial charge in [0.1, 0.15) is 5.69 Å². The van der Waals surface area contributed by atoms with E-state index in [0.29, 0.717) is 18.3 Å². The van der Waals surface area contributed by atoms with Crippen molar-refractivity contribution in [1.82, 2.24) is 20.2 Å². The lowest BCUT2D eigenvalue weighted by Crippen LogP contribution is -2.37. The van der Waals surface area contributed by atoms with Gasteiger partial charge in [0, 0.05) is 25.0 Å². The van der Waals surface area contributed by atoms with Crippen molar-refractivity contribution in [3.05, 3.63) is 24.3 Å². The third-order valence-electron chi connectivity index (χ3n) is 2.90. The lowest BCUT2D eigenvalue weighted by molar-refractivity contribution is 0.0919. The number of aromatic nitrogens is 2. The van der Waals surface area contributed by atoms with Crippen LogP contribution >= 0.6 is 12.4 Å². The van der Waals surface area contributed by atoms with Gasteiger partial charge >= 0.3 is 0 Å². The number of nitrogens with one attached hydrogen (secondary N) is 1. The van der Waals surface area contributed by atoms with Gasteiger partial charge in [-0.15, -0.1) is 12.4 Å². The first-order valence-electron chi connectivity index (χ1n) is 5.47. The van der Waals surface area contributed by atoms with Crippen molar-refractivity contribution in [2.24, 2.45) is 0 Å². The Bertz CT molecular complexity index is 354. The number of ketones is 1. The summed E-state index contributed by atoms with van der Waals surface area (Å²) in [5, 5.41) is 3.29. The highest BCUT2D eigenvalue weighted by atomic mass is 35.5. The van der Waals surface area contributed by atoms with Gasteiger partial charge in [0.05, 0.1) is 12.7 Å². The van der Waals surface area contributed by atoms with Crippen LogP contribution in [0.3, 0.4) is 0 Å².